The van der Waals surface area contributed by atoms with Crippen LogP contribution in [0.25, 0.3) is 23.0 Å². The van der Waals surface area contributed by atoms with Crippen LogP contribution in [0.5, 0.6) is 0 Å². The molecule has 3 aromatic rings. The van der Waals surface area contributed by atoms with E-state index in [0.717, 1.165) is 16.7 Å². The maximum atomic E-state index is 9.39. The Morgan fingerprint density at radius 3 is 2.46 bits per heavy atom. The number of allylic oxidation sites excluding steroid dienone is 1. The minimum atomic E-state index is 0.509. The molecule has 0 N–H and O–H groups in total. The Labute approximate surface area is 150 Å². The number of hydrogen-bond donors (Lipinski definition) is 0. The van der Waals surface area contributed by atoms with E-state index >= 15 is 0 Å². The van der Waals surface area contributed by atoms with Crippen LogP contribution in [-0.4, -0.2) is 0 Å². The molecule has 2 aromatic carbocycles. The van der Waals surface area contributed by atoms with Gasteiger partial charge in [0.1, 0.15) is 11.5 Å². The smallest absolute Gasteiger partial charge is 0.134 e. The lowest BCUT2D eigenvalue weighted by molar-refractivity contribution is 0.572. The molecule has 0 aliphatic carbocycles. The van der Waals surface area contributed by atoms with Crippen LogP contribution in [0.1, 0.15) is 16.9 Å². The van der Waals surface area contributed by atoms with E-state index in [4.69, 9.17) is 27.6 Å². The summed E-state index contributed by atoms with van der Waals surface area (Å²) in [5.74, 6) is 1.31. The van der Waals surface area contributed by atoms with Crippen molar-refractivity contribution in [3.8, 4) is 17.4 Å². The van der Waals surface area contributed by atoms with Gasteiger partial charge in [0.15, 0.2) is 0 Å². The number of benzene rings is 2. The summed E-state index contributed by atoms with van der Waals surface area (Å²) in [7, 11) is 0. The third-order valence-corrected chi connectivity index (χ3v) is 4.30. The first-order chi connectivity index (χ1) is 11.6. The normalized spacial score (nSPS) is 11.3. The number of aryl methyl sites for hydroxylation is 1. The maximum absolute atomic E-state index is 9.39. The van der Waals surface area contributed by atoms with Crippen molar-refractivity contribution in [3.63, 3.8) is 0 Å². The van der Waals surface area contributed by atoms with Gasteiger partial charge in [-0.3, -0.25) is 0 Å². The molecule has 4 heteroatoms. The van der Waals surface area contributed by atoms with E-state index in [-0.39, 0.29) is 0 Å². The van der Waals surface area contributed by atoms with E-state index in [1.54, 1.807) is 30.3 Å². The summed E-state index contributed by atoms with van der Waals surface area (Å²) in [6.45, 7) is 1.95. The molecule has 0 bridgehead atoms. The Bertz CT molecular complexity index is 947. The minimum absolute atomic E-state index is 0.509. The highest BCUT2D eigenvalue weighted by molar-refractivity contribution is 6.31. The van der Waals surface area contributed by atoms with Crippen molar-refractivity contribution in [2.75, 3.05) is 0 Å². The van der Waals surface area contributed by atoms with Gasteiger partial charge in [-0.25, -0.2) is 0 Å². The third kappa shape index (κ3) is 3.54. The molecule has 24 heavy (non-hydrogen) atoms. The Balaban J connectivity index is 1.93. The minimum Gasteiger partial charge on any atom is -0.457 e. The van der Waals surface area contributed by atoms with Gasteiger partial charge < -0.3 is 4.42 Å². The van der Waals surface area contributed by atoms with Crippen LogP contribution in [0.15, 0.2) is 59.0 Å². The van der Waals surface area contributed by atoms with E-state index < -0.39 is 0 Å². The predicted octanol–water partition coefficient (Wildman–Crippen LogP) is 6.63. The molecule has 1 aromatic heterocycles. The second-order valence-electron chi connectivity index (χ2n) is 5.34. The largest absolute Gasteiger partial charge is 0.457 e. The van der Waals surface area contributed by atoms with Crippen LogP contribution in [0.3, 0.4) is 0 Å². The SMILES string of the molecule is Cc1ccc(-c2ccc(/C=C(/C#N)c3ccc(Cl)cc3)o2)cc1Cl. The van der Waals surface area contributed by atoms with E-state index in [9.17, 15) is 5.26 Å². The first-order valence-corrected chi connectivity index (χ1v) is 8.06. The first-order valence-electron chi connectivity index (χ1n) is 7.31. The molecule has 0 spiro atoms. The number of hydrogen-bond acceptors (Lipinski definition) is 2. The van der Waals surface area contributed by atoms with Gasteiger partial charge in [0.05, 0.1) is 11.6 Å². The average Bonchev–Trinajstić information content (AvgIpc) is 3.05. The number of halogens is 2. The van der Waals surface area contributed by atoms with Crippen molar-refractivity contribution < 1.29 is 4.42 Å². The zero-order valence-corrected chi connectivity index (χ0v) is 14.4. The second kappa shape index (κ2) is 6.97. The molecule has 118 valence electrons. The van der Waals surface area contributed by atoms with E-state index in [2.05, 4.69) is 6.07 Å². The van der Waals surface area contributed by atoms with Crippen molar-refractivity contribution in [1.29, 1.82) is 5.26 Å². The molecule has 2 nitrogen and oxygen atoms in total. The molecule has 0 aliphatic heterocycles. The molecule has 0 aliphatic rings. The summed E-state index contributed by atoms with van der Waals surface area (Å²) in [5.41, 5.74) is 3.21. The van der Waals surface area contributed by atoms with Gasteiger partial charge in [-0.2, -0.15) is 5.26 Å². The van der Waals surface area contributed by atoms with Gasteiger partial charge >= 0.3 is 0 Å². The molecular formula is C20H13Cl2NO. The lowest BCUT2D eigenvalue weighted by Gasteiger charge is -2.01. The summed E-state index contributed by atoms with van der Waals surface area (Å²) in [5, 5.41) is 10.7. The number of nitrogens with zero attached hydrogens (tertiary/aromatic N) is 1. The molecule has 1 heterocycles. The van der Waals surface area contributed by atoms with Crippen molar-refractivity contribution >= 4 is 34.9 Å². The maximum Gasteiger partial charge on any atom is 0.134 e. The molecular weight excluding hydrogens is 341 g/mol. The van der Waals surface area contributed by atoms with Crippen LogP contribution in [-0.2, 0) is 0 Å². The average molecular weight is 354 g/mol. The predicted molar refractivity (Wildman–Crippen MR) is 98.8 cm³/mol. The molecule has 0 fully saturated rings. The fourth-order valence-electron chi connectivity index (χ4n) is 2.28. The zero-order valence-electron chi connectivity index (χ0n) is 12.9. The summed E-state index contributed by atoms with van der Waals surface area (Å²) < 4.78 is 5.83. The lowest BCUT2D eigenvalue weighted by Crippen LogP contribution is -1.80. The van der Waals surface area contributed by atoms with Crippen molar-refractivity contribution in [1.82, 2.24) is 0 Å². The van der Waals surface area contributed by atoms with Gasteiger partial charge in [-0.15, -0.1) is 0 Å². The van der Waals surface area contributed by atoms with Crippen LogP contribution >= 0.6 is 23.2 Å². The highest BCUT2D eigenvalue weighted by Gasteiger charge is 2.07. The molecule has 0 radical (unpaired) electrons. The van der Waals surface area contributed by atoms with Crippen LogP contribution < -0.4 is 0 Å². The van der Waals surface area contributed by atoms with Crippen molar-refractivity contribution in [2.24, 2.45) is 0 Å². The Hall–Kier alpha value is -2.47. The number of furan rings is 1. The van der Waals surface area contributed by atoms with Gasteiger partial charge in [0, 0.05) is 15.6 Å². The third-order valence-electron chi connectivity index (χ3n) is 3.65. The van der Waals surface area contributed by atoms with Crippen LogP contribution in [0, 0.1) is 18.3 Å². The Kier molecular flexibility index (Phi) is 4.76. The highest BCUT2D eigenvalue weighted by Crippen LogP contribution is 2.28. The van der Waals surface area contributed by atoms with Gasteiger partial charge in [-0.05, 0) is 54.5 Å². The highest BCUT2D eigenvalue weighted by atomic mass is 35.5. The van der Waals surface area contributed by atoms with Gasteiger partial charge in [-0.1, -0.05) is 47.5 Å². The van der Waals surface area contributed by atoms with Crippen LogP contribution in [0.4, 0.5) is 0 Å². The van der Waals surface area contributed by atoms with Crippen molar-refractivity contribution in [3.05, 3.63) is 81.5 Å². The topological polar surface area (TPSA) is 36.9 Å². The fourth-order valence-corrected chi connectivity index (χ4v) is 2.59. The van der Waals surface area contributed by atoms with Crippen LogP contribution in [0.2, 0.25) is 10.0 Å². The van der Waals surface area contributed by atoms with Crippen molar-refractivity contribution in [2.45, 2.75) is 6.92 Å². The fraction of sp³-hybridized carbons (Fsp3) is 0.0500. The Morgan fingerprint density at radius 1 is 1.04 bits per heavy atom. The van der Waals surface area contributed by atoms with E-state index in [0.29, 0.717) is 27.1 Å². The summed E-state index contributed by atoms with van der Waals surface area (Å²) in [4.78, 5) is 0. The molecule has 0 atom stereocenters. The molecule has 0 saturated heterocycles. The van der Waals surface area contributed by atoms with Gasteiger partial charge in [0.2, 0.25) is 0 Å². The Morgan fingerprint density at radius 2 is 1.79 bits per heavy atom. The number of rotatable bonds is 3. The molecule has 0 unspecified atom stereocenters. The molecule has 0 amide bonds. The molecule has 0 saturated carbocycles. The zero-order chi connectivity index (χ0) is 17.1. The summed E-state index contributed by atoms with van der Waals surface area (Å²) in [6, 6.07) is 18.8. The molecule has 3 rings (SSSR count). The van der Waals surface area contributed by atoms with E-state index in [1.807, 2.05) is 37.3 Å². The summed E-state index contributed by atoms with van der Waals surface area (Å²) in [6.07, 6.45) is 1.71. The second-order valence-corrected chi connectivity index (χ2v) is 6.19. The lowest BCUT2D eigenvalue weighted by atomic mass is 10.1. The monoisotopic (exact) mass is 353 g/mol. The number of nitriles is 1. The van der Waals surface area contributed by atoms with Gasteiger partial charge in [0.25, 0.3) is 0 Å². The van der Waals surface area contributed by atoms with E-state index in [1.165, 1.54) is 0 Å². The summed E-state index contributed by atoms with van der Waals surface area (Å²) >= 11 is 12.0. The standard InChI is InChI=1S/C20H13Cl2NO/c1-13-2-3-15(11-19(13)22)20-9-8-18(24-20)10-16(12-23)14-4-6-17(21)7-5-14/h2-11H,1H3/b16-10-. The quantitative estimate of drug-likeness (QED) is 0.495. The first kappa shape index (κ1) is 16.4.